The molecule has 20 heavy (non-hydrogen) atoms. The van der Waals surface area contributed by atoms with E-state index in [2.05, 4.69) is 5.32 Å². The Kier molecular flexibility index (Phi) is 4.60. The summed E-state index contributed by atoms with van der Waals surface area (Å²) in [5.74, 6) is 0.239. The Morgan fingerprint density at radius 2 is 2.35 bits per heavy atom. The van der Waals surface area contributed by atoms with Crippen molar-refractivity contribution >= 4 is 5.91 Å². The van der Waals surface area contributed by atoms with Crippen LogP contribution >= 0.6 is 0 Å². The second-order valence-electron chi connectivity index (χ2n) is 5.39. The van der Waals surface area contributed by atoms with Crippen molar-refractivity contribution in [3.8, 4) is 5.75 Å². The molecule has 0 radical (unpaired) electrons. The van der Waals surface area contributed by atoms with E-state index in [4.69, 9.17) is 4.74 Å². The molecule has 1 aromatic rings. The van der Waals surface area contributed by atoms with E-state index in [9.17, 15) is 9.18 Å². The minimum atomic E-state index is -0.451. The first-order valence-electron chi connectivity index (χ1n) is 6.90. The third kappa shape index (κ3) is 3.48. The van der Waals surface area contributed by atoms with E-state index in [1.807, 2.05) is 6.92 Å². The molecule has 5 heteroatoms. The van der Waals surface area contributed by atoms with Crippen LogP contribution < -0.4 is 10.1 Å². The van der Waals surface area contributed by atoms with Crippen LogP contribution in [0.15, 0.2) is 24.3 Å². The lowest BCUT2D eigenvalue weighted by molar-refractivity contribution is -0.136. The number of hydrogen-bond donors (Lipinski definition) is 1. The topological polar surface area (TPSA) is 41.6 Å². The Bertz CT molecular complexity index is 473. The van der Waals surface area contributed by atoms with Crippen LogP contribution in [-0.4, -0.2) is 43.1 Å². The molecule has 0 aromatic heterocycles. The van der Waals surface area contributed by atoms with E-state index in [0.717, 1.165) is 19.4 Å². The summed E-state index contributed by atoms with van der Waals surface area (Å²) in [6, 6.07) is 6.00. The van der Waals surface area contributed by atoms with Gasteiger partial charge in [-0.15, -0.1) is 0 Å². The summed E-state index contributed by atoms with van der Waals surface area (Å²) < 4.78 is 18.4. The van der Waals surface area contributed by atoms with Crippen molar-refractivity contribution in [1.82, 2.24) is 10.2 Å². The third-order valence-corrected chi connectivity index (χ3v) is 3.68. The molecule has 1 aliphatic heterocycles. The van der Waals surface area contributed by atoms with E-state index in [0.29, 0.717) is 18.9 Å². The first-order valence-corrected chi connectivity index (χ1v) is 6.90. The quantitative estimate of drug-likeness (QED) is 0.894. The molecule has 0 saturated carbocycles. The van der Waals surface area contributed by atoms with Crippen LogP contribution in [0.25, 0.3) is 0 Å². The number of amides is 1. The molecule has 0 spiro atoms. The predicted octanol–water partition coefficient (Wildman–Crippen LogP) is 1.80. The van der Waals surface area contributed by atoms with Crippen molar-refractivity contribution in [2.75, 3.05) is 26.7 Å². The minimum Gasteiger partial charge on any atom is -0.492 e. The molecule has 1 saturated heterocycles. The van der Waals surface area contributed by atoms with E-state index >= 15 is 0 Å². The molecule has 1 heterocycles. The number of likely N-dealkylation sites (N-methyl/N-ethyl adjacent to an activating group) is 1. The number of carbonyl (C=O) groups excluding carboxylic acids is 1. The van der Waals surface area contributed by atoms with E-state index < -0.39 is 5.54 Å². The van der Waals surface area contributed by atoms with Crippen LogP contribution in [0, 0.1) is 5.82 Å². The van der Waals surface area contributed by atoms with Gasteiger partial charge in [0.2, 0.25) is 5.91 Å². The lowest BCUT2D eigenvalue weighted by Gasteiger charge is -2.29. The summed E-state index contributed by atoms with van der Waals surface area (Å²) in [5, 5.41) is 3.25. The highest BCUT2D eigenvalue weighted by Gasteiger charge is 2.37. The largest absolute Gasteiger partial charge is 0.492 e. The van der Waals surface area contributed by atoms with Gasteiger partial charge in [0.25, 0.3) is 0 Å². The lowest BCUT2D eigenvalue weighted by Crippen LogP contribution is -2.52. The molecule has 1 atom stereocenters. The normalized spacial score (nSPS) is 21.8. The highest BCUT2D eigenvalue weighted by molar-refractivity contribution is 5.86. The monoisotopic (exact) mass is 280 g/mol. The SMILES string of the molecule is CN(CCOc1cccc(F)c1)C(=O)C1(C)CCCN1. The maximum absolute atomic E-state index is 13.0. The fraction of sp³-hybridized carbons (Fsp3) is 0.533. The molecule has 0 aliphatic carbocycles. The van der Waals surface area contributed by atoms with E-state index in [1.165, 1.54) is 12.1 Å². The van der Waals surface area contributed by atoms with Crippen molar-refractivity contribution in [3.63, 3.8) is 0 Å². The van der Waals surface area contributed by atoms with Crippen LogP contribution in [0.3, 0.4) is 0 Å². The van der Waals surface area contributed by atoms with Gasteiger partial charge in [0.1, 0.15) is 18.2 Å². The Morgan fingerprint density at radius 3 is 3.00 bits per heavy atom. The van der Waals surface area contributed by atoms with Crippen molar-refractivity contribution < 1.29 is 13.9 Å². The molecule has 110 valence electrons. The maximum Gasteiger partial charge on any atom is 0.242 e. The summed E-state index contributed by atoms with van der Waals surface area (Å²) in [6.45, 7) is 3.65. The van der Waals surface area contributed by atoms with Crippen LogP contribution in [-0.2, 0) is 4.79 Å². The zero-order valence-corrected chi connectivity index (χ0v) is 12.0. The predicted molar refractivity (Wildman–Crippen MR) is 75.2 cm³/mol. The third-order valence-electron chi connectivity index (χ3n) is 3.68. The molecule has 1 aliphatic rings. The number of nitrogens with one attached hydrogen (secondary N) is 1. The summed E-state index contributed by atoms with van der Waals surface area (Å²) in [5.41, 5.74) is -0.451. The molecular weight excluding hydrogens is 259 g/mol. The summed E-state index contributed by atoms with van der Waals surface area (Å²) in [6.07, 6.45) is 1.89. The number of nitrogens with zero attached hydrogens (tertiary/aromatic N) is 1. The van der Waals surface area contributed by atoms with Gasteiger partial charge in [-0.25, -0.2) is 4.39 Å². The zero-order valence-electron chi connectivity index (χ0n) is 12.0. The average Bonchev–Trinajstić information content (AvgIpc) is 2.86. The maximum atomic E-state index is 13.0. The van der Waals surface area contributed by atoms with Crippen LogP contribution in [0.5, 0.6) is 5.75 Å². The van der Waals surface area contributed by atoms with Crippen LogP contribution in [0.4, 0.5) is 4.39 Å². The van der Waals surface area contributed by atoms with Crippen molar-refractivity contribution in [3.05, 3.63) is 30.1 Å². The number of halogens is 1. The molecule has 0 bridgehead atoms. The van der Waals surface area contributed by atoms with Crippen molar-refractivity contribution in [2.24, 2.45) is 0 Å². The number of carbonyl (C=O) groups is 1. The second-order valence-corrected chi connectivity index (χ2v) is 5.39. The van der Waals surface area contributed by atoms with Gasteiger partial charge in [0.05, 0.1) is 12.1 Å². The molecule has 1 amide bonds. The first-order chi connectivity index (χ1) is 9.51. The van der Waals surface area contributed by atoms with Gasteiger partial charge in [-0.1, -0.05) is 6.07 Å². The number of hydrogen-bond acceptors (Lipinski definition) is 3. The Morgan fingerprint density at radius 1 is 1.55 bits per heavy atom. The fourth-order valence-electron chi connectivity index (χ4n) is 2.46. The molecule has 1 N–H and O–H groups in total. The smallest absolute Gasteiger partial charge is 0.242 e. The summed E-state index contributed by atoms with van der Waals surface area (Å²) in [7, 11) is 1.77. The zero-order chi connectivity index (χ0) is 14.6. The molecular formula is C15H21FN2O2. The van der Waals surface area contributed by atoms with E-state index in [1.54, 1.807) is 24.1 Å². The minimum absolute atomic E-state index is 0.0813. The van der Waals surface area contributed by atoms with Gasteiger partial charge in [-0.3, -0.25) is 4.79 Å². The molecule has 4 nitrogen and oxygen atoms in total. The standard InChI is InChI=1S/C15H21FN2O2/c1-15(7-4-8-17-15)14(19)18(2)9-10-20-13-6-3-5-12(16)11-13/h3,5-6,11,17H,4,7-10H2,1-2H3. The lowest BCUT2D eigenvalue weighted by atomic mass is 9.99. The summed E-state index contributed by atoms with van der Waals surface area (Å²) >= 11 is 0. The Hall–Kier alpha value is -1.62. The molecule has 1 aromatic carbocycles. The van der Waals surface area contributed by atoms with Crippen LogP contribution in [0.2, 0.25) is 0 Å². The van der Waals surface area contributed by atoms with E-state index in [-0.39, 0.29) is 11.7 Å². The number of ether oxygens (including phenoxy) is 1. The second kappa shape index (κ2) is 6.22. The highest BCUT2D eigenvalue weighted by atomic mass is 19.1. The Labute approximate surface area is 118 Å². The van der Waals surface area contributed by atoms with Crippen molar-refractivity contribution in [2.45, 2.75) is 25.3 Å². The van der Waals surface area contributed by atoms with Gasteiger partial charge in [-0.05, 0) is 38.4 Å². The summed E-state index contributed by atoms with van der Waals surface area (Å²) in [4.78, 5) is 14.0. The van der Waals surface area contributed by atoms with Gasteiger partial charge in [-0.2, -0.15) is 0 Å². The highest BCUT2D eigenvalue weighted by Crippen LogP contribution is 2.20. The average molecular weight is 280 g/mol. The van der Waals surface area contributed by atoms with Gasteiger partial charge < -0.3 is 15.0 Å². The van der Waals surface area contributed by atoms with Crippen molar-refractivity contribution in [1.29, 1.82) is 0 Å². The fourth-order valence-corrected chi connectivity index (χ4v) is 2.46. The molecule has 1 fully saturated rings. The van der Waals surface area contributed by atoms with Gasteiger partial charge >= 0.3 is 0 Å². The number of rotatable bonds is 5. The Balaban J connectivity index is 1.80. The van der Waals surface area contributed by atoms with Gasteiger partial charge in [0.15, 0.2) is 0 Å². The molecule has 1 unspecified atom stereocenters. The molecule has 2 rings (SSSR count). The van der Waals surface area contributed by atoms with Gasteiger partial charge in [0, 0.05) is 13.1 Å². The first kappa shape index (κ1) is 14.8. The van der Waals surface area contributed by atoms with Crippen LogP contribution in [0.1, 0.15) is 19.8 Å². The number of benzene rings is 1.